The van der Waals surface area contributed by atoms with Crippen LogP contribution in [0, 0.1) is 6.92 Å². The third-order valence-electron chi connectivity index (χ3n) is 4.16. The first kappa shape index (κ1) is 15.3. The third-order valence-corrected chi connectivity index (χ3v) is 4.16. The van der Waals surface area contributed by atoms with E-state index in [1.807, 2.05) is 7.05 Å². The molecule has 1 aromatic rings. The Bertz CT molecular complexity index is 413. The smallest absolute Gasteiger partial charge is 0.123 e. The number of rotatable bonds is 6. The Balaban J connectivity index is 2.01. The van der Waals surface area contributed by atoms with Gasteiger partial charge in [0.25, 0.3) is 0 Å². The molecular formula is C17H27NO2. The summed E-state index contributed by atoms with van der Waals surface area (Å²) in [5.41, 5.74) is 2.53. The van der Waals surface area contributed by atoms with Crippen molar-refractivity contribution in [3.63, 3.8) is 0 Å². The zero-order chi connectivity index (χ0) is 14.4. The molecule has 0 amide bonds. The summed E-state index contributed by atoms with van der Waals surface area (Å²) < 4.78 is 11.3. The van der Waals surface area contributed by atoms with Crippen molar-refractivity contribution in [2.45, 2.75) is 51.2 Å². The Morgan fingerprint density at radius 2 is 2.25 bits per heavy atom. The molecular weight excluding hydrogens is 250 g/mol. The Labute approximate surface area is 122 Å². The van der Waals surface area contributed by atoms with E-state index in [2.05, 4.69) is 30.4 Å². The maximum absolute atomic E-state index is 5.83. The minimum absolute atomic E-state index is 0.329. The van der Waals surface area contributed by atoms with E-state index in [1.54, 1.807) is 7.11 Å². The first-order chi connectivity index (χ1) is 9.74. The maximum Gasteiger partial charge on any atom is 0.123 e. The normalized spacial score (nSPS) is 20.6. The van der Waals surface area contributed by atoms with Crippen LogP contribution in [0.2, 0.25) is 0 Å². The Morgan fingerprint density at radius 3 is 2.90 bits per heavy atom. The first-order valence-corrected chi connectivity index (χ1v) is 7.68. The van der Waals surface area contributed by atoms with E-state index in [0.717, 1.165) is 25.2 Å². The lowest BCUT2D eigenvalue weighted by Gasteiger charge is -2.25. The summed E-state index contributed by atoms with van der Waals surface area (Å²) in [4.78, 5) is 0. The van der Waals surface area contributed by atoms with E-state index < -0.39 is 0 Å². The van der Waals surface area contributed by atoms with E-state index >= 15 is 0 Å². The Morgan fingerprint density at radius 1 is 1.40 bits per heavy atom. The molecule has 0 radical (unpaired) electrons. The zero-order valence-corrected chi connectivity index (χ0v) is 12.9. The van der Waals surface area contributed by atoms with Crippen LogP contribution in [0.25, 0.3) is 0 Å². The van der Waals surface area contributed by atoms with Crippen LogP contribution in [0.1, 0.15) is 49.3 Å². The molecule has 0 saturated carbocycles. The average molecular weight is 277 g/mol. The van der Waals surface area contributed by atoms with Crippen molar-refractivity contribution < 1.29 is 9.47 Å². The fourth-order valence-electron chi connectivity index (χ4n) is 2.97. The molecule has 3 nitrogen and oxygen atoms in total. The third kappa shape index (κ3) is 3.97. The van der Waals surface area contributed by atoms with E-state index in [9.17, 15) is 0 Å². The van der Waals surface area contributed by atoms with Crippen LogP contribution in [0.4, 0.5) is 0 Å². The highest BCUT2D eigenvalue weighted by Crippen LogP contribution is 2.30. The maximum atomic E-state index is 5.83. The molecule has 2 unspecified atom stereocenters. The predicted octanol–water partition coefficient (Wildman–Crippen LogP) is 3.61. The first-order valence-electron chi connectivity index (χ1n) is 7.68. The molecule has 1 N–H and O–H groups in total. The second-order valence-electron chi connectivity index (χ2n) is 5.65. The largest absolute Gasteiger partial charge is 0.496 e. The molecule has 3 heteroatoms. The number of nitrogens with one attached hydrogen (secondary N) is 1. The number of benzene rings is 1. The molecule has 1 aromatic carbocycles. The predicted molar refractivity (Wildman–Crippen MR) is 82.4 cm³/mol. The molecule has 112 valence electrons. The number of ether oxygens (including phenoxy) is 2. The van der Waals surface area contributed by atoms with Crippen molar-refractivity contribution in [2.75, 3.05) is 20.8 Å². The highest BCUT2D eigenvalue weighted by Gasteiger charge is 2.19. The standard InChI is InChI=1S/C17H27NO2/c1-13-7-10-17(19-3)15(12-13)16(18-2)9-8-14-6-4-5-11-20-14/h7,10,12,14,16,18H,4-6,8-9,11H2,1-3H3. The van der Waals surface area contributed by atoms with Gasteiger partial charge in [-0.3, -0.25) is 0 Å². The number of hydrogen-bond donors (Lipinski definition) is 1. The number of methoxy groups -OCH3 is 1. The fourth-order valence-corrected chi connectivity index (χ4v) is 2.97. The summed E-state index contributed by atoms with van der Waals surface area (Å²) in [7, 11) is 3.76. The van der Waals surface area contributed by atoms with Crippen molar-refractivity contribution >= 4 is 0 Å². The molecule has 2 atom stereocenters. The van der Waals surface area contributed by atoms with Crippen LogP contribution in [0.5, 0.6) is 5.75 Å². The molecule has 1 fully saturated rings. The lowest BCUT2D eigenvalue weighted by Crippen LogP contribution is -2.23. The van der Waals surface area contributed by atoms with Crippen LogP contribution in [0.15, 0.2) is 18.2 Å². The van der Waals surface area contributed by atoms with Crippen molar-refractivity contribution in [1.82, 2.24) is 5.32 Å². The highest BCUT2D eigenvalue weighted by molar-refractivity contribution is 5.39. The van der Waals surface area contributed by atoms with Crippen LogP contribution >= 0.6 is 0 Å². The molecule has 0 aromatic heterocycles. The van der Waals surface area contributed by atoms with Gasteiger partial charge in [-0.1, -0.05) is 17.7 Å². The molecule has 2 rings (SSSR count). The summed E-state index contributed by atoms with van der Waals surface area (Å²) in [5, 5.41) is 3.42. The molecule has 1 saturated heterocycles. The van der Waals surface area contributed by atoms with Crippen LogP contribution in [-0.4, -0.2) is 26.9 Å². The number of hydrogen-bond acceptors (Lipinski definition) is 3. The minimum Gasteiger partial charge on any atom is -0.496 e. The van der Waals surface area contributed by atoms with Gasteiger partial charge >= 0.3 is 0 Å². The molecule has 0 bridgehead atoms. The summed E-state index contributed by atoms with van der Waals surface area (Å²) in [6, 6.07) is 6.71. The van der Waals surface area contributed by atoms with Crippen molar-refractivity contribution in [2.24, 2.45) is 0 Å². The SMILES string of the molecule is CNC(CCC1CCCCO1)c1cc(C)ccc1OC. The topological polar surface area (TPSA) is 30.5 Å². The van der Waals surface area contributed by atoms with Gasteiger partial charge < -0.3 is 14.8 Å². The number of aryl methyl sites for hydroxylation is 1. The van der Waals surface area contributed by atoms with Crippen LogP contribution < -0.4 is 10.1 Å². The van der Waals surface area contributed by atoms with Gasteiger partial charge in [-0.15, -0.1) is 0 Å². The van der Waals surface area contributed by atoms with Gasteiger partial charge in [0.2, 0.25) is 0 Å². The molecule has 0 spiro atoms. The summed E-state index contributed by atoms with van der Waals surface area (Å²) in [6.45, 7) is 3.06. The van der Waals surface area contributed by atoms with E-state index in [1.165, 1.54) is 30.4 Å². The van der Waals surface area contributed by atoms with Crippen molar-refractivity contribution in [3.05, 3.63) is 29.3 Å². The second kappa shape index (κ2) is 7.65. The molecule has 20 heavy (non-hydrogen) atoms. The van der Waals surface area contributed by atoms with E-state index in [0.29, 0.717) is 12.1 Å². The quantitative estimate of drug-likeness (QED) is 0.861. The van der Waals surface area contributed by atoms with Gasteiger partial charge in [0.05, 0.1) is 13.2 Å². The molecule has 1 aliphatic heterocycles. The Kier molecular flexibility index (Phi) is 5.86. The second-order valence-corrected chi connectivity index (χ2v) is 5.65. The van der Waals surface area contributed by atoms with Gasteiger partial charge in [0.15, 0.2) is 0 Å². The summed E-state index contributed by atoms with van der Waals surface area (Å²) in [6.07, 6.45) is 6.38. The lowest BCUT2D eigenvalue weighted by molar-refractivity contribution is 0.00862. The fraction of sp³-hybridized carbons (Fsp3) is 0.647. The zero-order valence-electron chi connectivity index (χ0n) is 12.9. The minimum atomic E-state index is 0.329. The van der Waals surface area contributed by atoms with Gasteiger partial charge in [-0.2, -0.15) is 0 Å². The van der Waals surface area contributed by atoms with Gasteiger partial charge in [-0.05, 0) is 52.1 Å². The monoisotopic (exact) mass is 277 g/mol. The lowest BCUT2D eigenvalue weighted by atomic mass is 9.95. The van der Waals surface area contributed by atoms with Crippen molar-refractivity contribution in [1.29, 1.82) is 0 Å². The van der Waals surface area contributed by atoms with Crippen LogP contribution in [0.3, 0.4) is 0 Å². The van der Waals surface area contributed by atoms with Gasteiger partial charge in [0.1, 0.15) is 5.75 Å². The van der Waals surface area contributed by atoms with Crippen LogP contribution in [-0.2, 0) is 4.74 Å². The molecule has 1 aliphatic rings. The van der Waals surface area contributed by atoms with Gasteiger partial charge in [0, 0.05) is 18.2 Å². The highest BCUT2D eigenvalue weighted by atomic mass is 16.5. The summed E-state index contributed by atoms with van der Waals surface area (Å²) in [5.74, 6) is 0.972. The van der Waals surface area contributed by atoms with Crippen molar-refractivity contribution in [3.8, 4) is 5.75 Å². The Hall–Kier alpha value is -1.06. The molecule has 0 aliphatic carbocycles. The average Bonchev–Trinajstić information content (AvgIpc) is 2.49. The van der Waals surface area contributed by atoms with Gasteiger partial charge in [-0.25, -0.2) is 0 Å². The van der Waals surface area contributed by atoms with E-state index in [-0.39, 0.29) is 0 Å². The van der Waals surface area contributed by atoms with E-state index in [4.69, 9.17) is 9.47 Å². The summed E-state index contributed by atoms with van der Waals surface area (Å²) >= 11 is 0. The molecule has 1 heterocycles.